The SMILES string of the molecule is NC(=S)c1ccc(C(=O)N2CCCN(C(=O)CC3CCCC3)CC2)cc1. The molecule has 26 heavy (non-hydrogen) atoms. The van der Waals surface area contributed by atoms with Gasteiger partial charge < -0.3 is 15.5 Å². The van der Waals surface area contributed by atoms with Crippen molar-refractivity contribution >= 4 is 29.0 Å². The molecule has 0 radical (unpaired) electrons. The Morgan fingerprint density at radius 2 is 1.50 bits per heavy atom. The van der Waals surface area contributed by atoms with Gasteiger partial charge in [-0.05, 0) is 37.3 Å². The average Bonchev–Trinajstić information content (AvgIpc) is 3.02. The van der Waals surface area contributed by atoms with Crippen LogP contribution in [-0.2, 0) is 4.79 Å². The predicted molar refractivity (Wildman–Crippen MR) is 106 cm³/mol. The molecule has 2 fully saturated rings. The fourth-order valence-electron chi connectivity index (χ4n) is 3.92. The lowest BCUT2D eigenvalue weighted by Gasteiger charge is -2.23. The van der Waals surface area contributed by atoms with Crippen LogP contribution in [0.5, 0.6) is 0 Å². The Kier molecular flexibility index (Phi) is 6.25. The Balaban J connectivity index is 1.56. The fourth-order valence-corrected chi connectivity index (χ4v) is 4.06. The topological polar surface area (TPSA) is 66.6 Å². The molecule has 140 valence electrons. The van der Waals surface area contributed by atoms with Gasteiger partial charge in [-0.15, -0.1) is 0 Å². The molecule has 0 unspecified atom stereocenters. The van der Waals surface area contributed by atoms with Crippen LogP contribution in [0.3, 0.4) is 0 Å². The Labute approximate surface area is 160 Å². The van der Waals surface area contributed by atoms with Crippen LogP contribution in [0.25, 0.3) is 0 Å². The molecule has 1 aliphatic carbocycles. The van der Waals surface area contributed by atoms with Crippen molar-refractivity contribution in [1.82, 2.24) is 9.80 Å². The van der Waals surface area contributed by atoms with Crippen LogP contribution in [0, 0.1) is 5.92 Å². The summed E-state index contributed by atoms with van der Waals surface area (Å²) in [6, 6.07) is 7.10. The maximum Gasteiger partial charge on any atom is 0.253 e. The normalized spacial score (nSPS) is 18.6. The first-order valence-corrected chi connectivity index (χ1v) is 9.92. The van der Waals surface area contributed by atoms with Gasteiger partial charge >= 0.3 is 0 Å². The monoisotopic (exact) mass is 373 g/mol. The van der Waals surface area contributed by atoms with E-state index in [-0.39, 0.29) is 11.8 Å². The minimum atomic E-state index is 0.00424. The Morgan fingerprint density at radius 1 is 0.923 bits per heavy atom. The highest BCUT2D eigenvalue weighted by Crippen LogP contribution is 2.28. The van der Waals surface area contributed by atoms with Crippen molar-refractivity contribution in [2.24, 2.45) is 11.7 Å². The van der Waals surface area contributed by atoms with E-state index in [1.54, 1.807) is 24.3 Å². The van der Waals surface area contributed by atoms with Crippen molar-refractivity contribution in [3.63, 3.8) is 0 Å². The molecule has 2 N–H and O–H groups in total. The molecular formula is C20H27N3O2S. The first kappa shape index (κ1) is 18.8. The number of benzene rings is 1. The van der Waals surface area contributed by atoms with Crippen molar-refractivity contribution in [2.75, 3.05) is 26.2 Å². The number of thiocarbonyl (C=S) groups is 1. The molecule has 5 nitrogen and oxygen atoms in total. The molecule has 0 aromatic heterocycles. The largest absolute Gasteiger partial charge is 0.389 e. The van der Waals surface area contributed by atoms with Crippen LogP contribution in [0.4, 0.5) is 0 Å². The van der Waals surface area contributed by atoms with Crippen molar-refractivity contribution in [1.29, 1.82) is 0 Å². The van der Waals surface area contributed by atoms with Gasteiger partial charge in [0.15, 0.2) is 0 Å². The number of hydrogen-bond donors (Lipinski definition) is 1. The van der Waals surface area contributed by atoms with Gasteiger partial charge in [0.05, 0.1) is 0 Å². The van der Waals surface area contributed by atoms with E-state index in [1.807, 2.05) is 9.80 Å². The molecule has 1 saturated heterocycles. The Morgan fingerprint density at radius 3 is 2.15 bits per heavy atom. The summed E-state index contributed by atoms with van der Waals surface area (Å²) >= 11 is 4.95. The summed E-state index contributed by atoms with van der Waals surface area (Å²) in [6.45, 7) is 2.65. The van der Waals surface area contributed by atoms with Crippen molar-refractivity contribution in [3.8, 4) is 0 Å². The van der Waals surface area contributed by atoms with E-state index in [1.165, 1.54) is 25.7 Å². The minimum absolute atomic E-state index is 0.00424. The summed E-state index contributed by atoms with van der Waals surface area (Å²) in [5.41, 5.74) is 7.00. The number of carbonyl (C=O) groups is 2. The van der Waals surface area contributed by atoms with E-state index in [2.05, 4.69) is 0 Å². The number of nitrogens with two attached hydrogens (primary N) is 1. The molecule has 3 rings (SSSR count). The molecular weight excluding hydrogens is 346 g/mol. The summed E-state index contributed by atoms with van der Waals surface area (Å²) < 4.78 is 0. The summed E-state index contributed by atoms with van der Waals surface area (Å²) in [4.78, 5) is 29.4. The predicted octanol–water partition coefficient (Wildman–Crippen LogP) is 2.58. The fraction of sp³-hybridized carbons (Fsp3) is 0.550. The second-order valence-corrected chi connectivity index (χ2v) is 7.76. The highest BCUT2D eigenvalue weighted by molar-refractivity contribution is 7.80. The van der Waals surface area contributed by atoms with Gasteiger partial charge in [-0.2, -0.15) is 0 Å². The summed E-state index contributed by atoms with van der Waals surface area (Å²) in [6.07, 6.45) is 6.39. The van der Waals surface area contributed by atoms with Crippen LogP contribution in [0.2, 0.25) is 0 Å². The Hall–Kier alpha value is -1.95. The molecule has 6 heteroatoms. The van der Waals surface area contributed by atoms with Crippen molar-refractivity contribution < 1.29 is 9.59 Å². The van der Waals surface area contributed by atoms with Crippen molar-refractivity contribution in [3.05, 3.63) is 35.4 Å². The summed E-state index contributed by atoms with van der Waals surface area (Å²) in [5, 5.41) is 0. The lowest BCUT2D eigenvalue weighted by Crippen LogP contribution is -2.37. The number of rotatable bonds is 4. The molecule has 1 aliphatic heterocycles. The van der Waals surface area contributed by atoms with E-state index in [0.29, 0.717) is 42.5 Å². The summed E-state index contributed by atoms with van der Waals surface area (Å²) in [7, 11) is 0. The number of carbonyl (C=O) groups excluding carboxylic acids is 2. The highest BCUT2D eigenvalue weighted by Gasteiger charge is 2.25. The molecule has 2 amide bonds. The van der Waals surface area contributed by atoms with Crippen LogP contribution in [0.1, 0.15) is 54.4 Å². The van der Waals surface area contributed by atoms with Gasteiger partial charge in [0.1, 0.15) is 4.99 Å². The first-order chi connectivity index (χ1) is 12.5. The number of nitrogens with zero attached hydrogens (tertiary/aromatic N) is 2. The smallest absolute Gasteiger partial charge is 0.253 e. The molecule has 2 aliphatic rings. The molecule has 0 bridgehead atoms. The lowest BCUT2D eigenvalue weighted by molar-refractivity contribution is -0.132. The highest BCUT2D eigenvalue weighted by atomic mass is 32.1. The maximum absolute atomic E-state index is 12.7. The maximum atomic E-state index is 12.7. The van der Waals surface area contributed by atoms with E-state index in [4.69, 9.17) is 18.0 Å². The molecule has 1 heterocycles. The van der Waals surface area contributed by atoms with E-state index >= 15 is 0 Å². The van der Waals surface area contributed by atoms with Gasteiger partial charge in [0.2, 0.25) is 5.91 Å². The average molecular weight is 374 g/mol. The molecule has 1 aromatic rings. The Bertz CT molecular complexity index is 668. The third kappa shape index (κ3) is 4.61. The standard InChI is InChI=1S/C20H27N3O2S/c21-19(26)16-6-8-17(9-7-16)20(25)23-11-3-10-22(12-13-23)18(24)14-15-4-1-2-5-15/h6-9,15H,1-5,10-14H2,(H2,21,26). The van der Waals surface area contributed by atoms with E-state index in [0.717, 1.165) is 18.5 Å². The van der Waals surface area contributed by atoms with Crippen LogP contribution >= 0.6 is 12.2 Å². The van der Waals surface area contributed by atoms with Gasteiger partial charge in [-0.3, -0.25) is 9.59 Å². The zero-order valence-corrected chi connectivity index (χ0v) is 16.0. The zero-order valence-electron chi connectivity index (χ0n) is 15.2. The lowest BCUT2D eigenvalue weighted by atomic mass is 10.0. The quantitative estimate of drug-likeness (QED) is 0.824. The van der Waals surface area contributed by atoms with E-state index < -0.39 is 0 Å². The molecule has 0 atom stereocenters. The van der Waals surface area contributed by atoms with Crippen LogP contribution < -0.4 is 5.73 Å². The zero-order chi connectivity index (χ0) is 18.5. The molecule has 0 spiro atoms. The van der Waals surface area contributed by atoms with E-state index in [9.17, 15) is 9.59 Å². The first-order valence-electron chi connectivity index (χ1n) is 9.51. The molecule has 1 saturated carbocycles. The van der Waals surface area contributed by atoms with Gasteiger partial charge in [-0.1, -0.05) is 37.2 Å². The van der Waals surface area contributed by atoms with Crippen molar-refractivity contribution in [2.45, 2.75) is 38.5 Å². The second-order valence-electron chi connectivity index (χ2n) is 7.32. The number of hydrogen-bond acceptors (Lipinski definition) is 3. The van der Waals surface area contributed by atoms with Crippen LogP contribution in [-0.4, -0.2) is 52.8 Å². The van der Waals surface area contributed by atoms with Crippen LogP contribution in [0.15, 0.2) is 24.3 Å². The summed E-state index contributed by atoms with van der Waals surface area (Å²) in [5.74, 6) is 0.826. The van der Waals surface area contributed by atoms with Gasteiger partial charge in [-0.25, -0.2) is 0 Å². The second kappa shape index (κ2) is 8.62. The molecule has 1 aromatic carbocycles. The third-order valence-corrected chi connectivity index (χ3v) is 5.73. The minimum Gasteiger partial charge on any atom is -0.389 e. The van der Waals surface area contributed by atoms with Gasteiger partial charge in [0, 0.05) is 43.7 Å². The van der Waals surface area contributed by atoms with Gasteiger partial charge in [0.25, 0.3) is 5.91 Å². The third-order valence-electron chi connectivity index (χ3n) is 5.49. The number of amides is 2.